The van der Waals surface area contributed by atoms with Crippen molar-refractivity contribution < 1.29 is 14.6 Å². The van der Waals surface area contributed by atoms with E-state index in [0.29, 0.717) is 40.9 Å². The number of ether oxygens (including phenoxy) is 1. The van der Waals surface area contributed by atoms with Crippen LogP contribution in [0.25, 0.3) is 0 Å². The van der Waals surface area contributed by atoms with Gasteiger partial charge >= 0.3 is 5.97 Å². The van der Waals surface area contributed by atoms with Gasteiger partial charge in [0.15, 0.2) is 0 Å². The van der Waals surface area contributed by atoms with E-state index < -0.39 is 11.0 Å². The summed E-state index contributed by atoms with van der Waals surface area (Å²) >= 11 is 0. The SMILES string of the molecule is CCC(C)(C)C(=O)OC12CC3CC4C5(O)CC6CC1C5C4(C3)C2C6. The van der Waals surface area contributed by atoms with E-state index in [0.717, 1.165) is 19.3 Å². The molecule has 6 aliphatic carbocycles. The molecule has 24 heavy (non-hydrogen) atoms. The summed E-state index contributed by atoms with van der Waals surface area (Å²) in [4.78, 5) is 13.0. The molecule has 6 rings (SSSR count). The summed E-state index contributed by atoms with van der Waals surface area (Å²) in [5.41, 5.74) is -0.693. The average Bonchev–Trinajstić information content (AvgIpc) is 2.69. The highest BCUT2D eigenvalue weighted by Gasteiger charge is 2.90. The van der Waals surface area contributed by atoms with E-state index in [4.69, 9.17) is 4.74 Å². The molecule has 132 valence electrons. The van der Waals surface area contributed by atoms with Crippen LogP contribution >= 0.6 is 0 Å². The standard InChI is InChI=1S/C21H30O3/c1-4-18(2,3)17(22)24-21-10-12-7-14-19(8-12)15(21)6-11-5-13(21)16(19)20(14,23)9-11/h11-16,23H,4-10H2,1-3H3. The van der Waals surface area contributed by atoms with Gasteiger partial charge in [-0.25, -0.2) is 0 Å². The van der Waals surface area contributed by atoms with E-state index in [1.165, 1.54) is 25.7 Å². The average molecular weight is 330 g/mol. The molecular weight excluding hydrogens is 300 g/mol. The summed E-state index contributed by atoms with van der Waals surface area (Å²) in [6.07, 6.45) is 7.86. The number of rotatable bonds is 3. The lowest BCUT2D eigenvalue weighted by Crippen LogP contribution is -2.68. The number of carbonyl (C=O) groups excluding carboxylic acids is 1. The molecule has 0 aromatic carbocycles. The Labute approximate surface area is 144 Å². The lowest BCUT2D eigenvalue weighted by Gasteiger charge is -2.64. The first-order valence-corrected chi connectivity index (χ1v) is 10.2. The van der Waals surface area contributed by atoms with Gasteiger partial charge in [0.25, 0.3) is 0 Å². The number of hydrogen-bond donors (Lipinski definition) is 1. The molecule has 1 N–H and O–H groups in total. The molecule has 1 spiro atoms. The largest absolute Gasteiger partial charge is 0.458 e. The number of esters is 1. The monoisotopic (exact) mass is 330 g/mol. The minimum Gasteiger partial charge on any atom is -0.458 e. The van der Waals surface area contributed by atoms with Gasteiger partial charge in [-0.3, -0.25) is 4.79 Å². The van der Waals surface area contributed by atoms with Crippen molar-refractivity contribution in [2.24, 2.45) is 46.3 Å². The predicted molar refractivity (Wildman–Crippen MR) is 88.9 cm³/mol. The fourth-order valence-electron chi connectivity index (χ4n) is 9.18. The van der Waals surface area contributed by atoms with Crippen molar-refractivity contribution in [2.45, 2.75) is 76.9 Å². The molecule has 9 atom stereocenters. The molecule has 0 amide bonds. The molecule has 6 bridgehead atoms. The zero-order valence-corrected chi connectivity index (χ0v) is 15.2. The van der Waals surface area contributed by atoms with Crippen molar-refractivity contribution >= 4 is 5.97 Å². The Morgan fingerprint density at radius 1 is 1.12 bits per heavy atom. The maximum Gasteiger partial charge on any atom is 0.312 e. The fraction of sp³-hybridized carbons (Fsp3) is 0.952. The van der Waals surface area contributed by atoms with Gasteiger partial charge < -0.3 is 9.84 Å². The van der Waals surface area contributed by atoms with E-state index in [1.807, 2.05) is 13.8 Å². The van der Waals surface area contributed by atoms with Crippen LogP contribution in [0.3, 0.4) is 0 Å². The molecule has 6 saturated carbocycles. The normalized spacial score (nSPS) is 61.2. The first-order chi connectivity index (χ1) is 11.3. The maximum atomic E-state index is 13.0. The molecule has 0 heterocycles. The molecule has 6 fully saturated rings. The molecule has 6 aliphatic rings. The maximum absolute atomic E-state index is 13.0. The van der Waals surface area contributed by atoms with Gasteiger partial charge in [0.2, 0.25) is 0 Å². The Morgan fingerprint density at radius 2 is 1.88 bits per heavy atom. The van der Waals surface area contributed by atoms with Crippen molar-refractivity contribution in [1.82, 2.24) is 0 Å². The quantitative estimate of drug-likeness (QED) is 0.805. The number of carbonyl (C=O) groups is 1. The van der Waals surface area contributed by atoms with Crippen LogP contribution in [0.4, 0.5) is 0 Å². The zero-order valence-electron chi connectivity index (χ0n) is 15.2. The highest BCUT2D eigenvalue weighted by atomic mass is 16.6. The number of hydrogen-bond acceptors (Lipinski definition) is 3. The van der Waals surface area contributed by atoms with Crippen molar-refractivity contribution in [3.63, 3.8) is 0 Å². The second-order valence-corrected chi connectivity index (χ2v) is 10.9. The zero-order chi connectivity index (χ0) is 16.7. The van der Waals surface area contributed by atoms with E-state index in [1.54, 1.807) is 0 Å². The van der Waals surface area contributed by atoms with Gasteiger partial charge in [-0.2, -0.15) is 0 Å². The minimum atomic E-state index is -0.411. The Hall–Kier alpha value is -0.570. The molecule has 0 radical (unpaired) electrons. The van der Waals surface area contributed by atoms with Gasteiger partial charge in [0.1, 0.15) is 5.60 Å². The summed E-state index contributed by atoms with van der Waals surface area (Å²) < 4.78 is 6.53. The van der Waals surface area contributed by atoms with Crippen LogP contribution in [0.5, 0.6) is 0 Å². The molecule has 3 nitrogen and oxygen atoms in total. The van der Waals surface area contributed by atoms with Crippen LogP contribution in [0.1, 0.15) is 65.7 Å². The first kappa shape index (κ1) is 14.6. The van der Waals surface area contributed by atoms with Crippen LogP contribution in [-0.2, 0) is 9.53 Å². The summed E-state index contributed by atoms with van der Waals surface area (Å²) in [6, 6.07) is 0. The van der Waals surface area contributed by atoms with Crippen LogP contribution < -0.4 is 0 Å². The van der Waals surface area contributed by atoms with E-state index >= 15 is 0 Å². The van der Waals surface area contributed by atoms with Crippen LogP contribution in [0.2, 0.25) is 0 Å². The van der Waals surface area contributed by atoms with E-state index in [-0.39, 0.29) is 11.6 Å². The van der Waals surface area contributed by atoms with Gasteiger partial charge in [-0.15, -0.1) is 0 Å². The molecule has 0 aromatic heterocycles. The van der Waals surface area contributed by atoms with Crippen LogP contribution in [0, 0.1) is 46.3 Å². The lowest BCUT2D eigenvalue weighted by molar-refractivity contribution is -0.258. The molecular formula is C21H30O3. The third kappa shape index (κ3) is 1.20. The number of fused-ring (bicyclic) bond motifs is 3. The predicted octanol–water partition coefficient (Wildman–Crippen LogP) is 3.54. The highest BCUT2D eigenvalue weighted by Crippen LogP contribution is 2.89. The second kappa shape index (κ2) is 3.75. The van der Waals surface area contributed by atoms with E-state index in [9.17, 15) is 9.90 Å². The fourth-order valence-corrected chi connectivity index (χ4v) is 9.18. The van der Waals surface area contributed by atoms with E-state index in [2.05, 4.69) is 6.92 Å². The van der Waals surface area contributed by atoms with Crippen molar-refractivity contribution in [3.05, 3.63) is 0 Å². The second-order valence-electron chi connectivity index (χ2n) is 10.9. The summed E-state index contributed by atoms with van der Waals surface area (Å²) in [5, 5.41) is 11.5. The lowest BCUT2D eigenvalue weighted by atomic mass is 9.42. The Balaban J connectivity index is 1.47. The van der Waals surface area contributed by atoms with Gasteiger partial charge in [0.05, 0.1) is 11.0 Å². The highest BCUT2D eigenvalue weighted by molar-refractivity contribution is 5.76. The Morgan fingerprint density at radius 3 is 2.62 bits per heavy atom. The number of aliphatic hydroxyl groups is 1. The third-order valence-corrected chi connectivity index (χ3v) is 9.95. The topological polar surface area (TPSA) is 46.5 Å². The van der Waals surface area contributed by atoms with Crippen molar-refractivity contribution in [2.75, 3.05) is 0 Å². The van der Waals surface area contributed by atoms with Gasteiger partial charge in [-0.05, 0) is 82.0 Å². The van der Waals surface area contributed by atoms with Crippen molar-refractivity contribution in [3.8, 4) is 0 Å². The molecule has 0 aliphatic heterocycles. The Bertz CT molecular complexity index is 655. The molecule has 0 saturated heterocycles. The van der Waals surface area contributed by atoms with Crippen LogP contribution in [-0.4, -0.2) is 22.3 Å². The molecule has 3 heteroatoms. The molecule has 9 unspecified atom stereocenters. The summed E-state index contributed by atoms with van der Waals surface area (Å²) in [5.74, 6) is 3.30. The molecule has 0 aromatic rings. The minimum absolute atomic E-state index is 0.0121. The van der Waals surface area contributed by atoms with Gasteiger partial charge in [0, 0.05) is 17.8 Å². The smallest absolute Gasteiger partial charge is 0.312 e. The van der Waals surface area contributed by atoms with Crippen LogP contribution in [0.15, 0.2) is 0 Å². The van der Waals surface area contributed by atoms with Gasteiger partial charge in [-0.1, -0.05) is 6.92 Å². The summed E-state index contributed by atoms with van der Waals surface area (Å²) in [6.45, 7) is 6.12. The summed E-state index contributed by atoms with van der Waals surface area (Å²) in [7, 11) is 0. The third-order valence-electron chi connectivity index (χ3n) is 9.95. The first-order valence-electron chi connectivity index (χ1n) is 10.2. The van der Waals surface area contributed by atoms with Crippen molar-refractivity contribution in [1.29, 1.82) is 0 Å². The Kier molecular flexibility index (Phi) is 2.28.